The summed E-state index contributed by atoms with van der Waals surface area (Å²) in [5.41, 5.74) is 0. The van der Waals surface area contributed by atoms with Crippen molar-refractivity contribution in [1.29, 1.82) is 0 Å². The van der Waals surface area contributed by atoms with Crippen molar-refractivity contribution in [3.8, 4) is 12.3 Å². The topological polar surface area (TPSA) is 40.5 Å². The van der Waals surface area contributed by atoms with Gasteiger partial charge in [-0.3, -0.25) is 9.69 Å². The molecule has 1 aliphatic rings. The first-order chi connectivity index (χ1) is 7.24. The summed E-state index contributed by atoms with van der Waals surface area (Å²) in [5, 5.41) is 8.79. The molecule has 1 fully saturated rings. The molecule has 0 amide bonds. The summed E-state index contributed by atoms with van der Waals surface area (Å²) >= 11 is 1.84. The monoisotopic (exact) mass is 227 g/mol. The second-order valence-electron chi connectivity index (χ2n) is 3.67. The van der Waals surface area contributed by atoms with E-state index in [0.29, 0.717) is 0 Å². The molecule has 1 atom stereocenters. The first-order valence-corrected chi connectivity index (χ1v) is 6.36. The van der Waals surface area contributed by atoms with E-state index in [1.54, 1.807) is 0 Å². The van der Waals surface area contributed by atoms with Gasteiger partial charge in [0, 0.05) is 30.5 Å². The molecule has 4 heteroatoms. The molecule has 0 saturated carbocycles. The van der Waals surface area contributed by atoms with Crippen LogP contribution in [-0.2, 0) is 4.79 Å². The highest BCUT2D eigenvalue weighted by molar-refractivity contribution is 7.99. The molecule has 15 heavy (non-hydrogen) atoms. The third-order valence-electron chi connectivity index (χ3n) is 2.53. The van der Waals surface area contributed by atoms with Crippen LogP contribution >= 0.6 is 11.8 Å². The minimum atomic E-state index is -0.704. The predicted molar refractivity (Wildman–Crippen MR) is 63.0 cm³/mol. The first kappa shape index (κ1) is 12.4. The Labute approximate surface area is 95.2 Å². The summed E-state index contributed by atoms with van der Waals surface area (Å²) in [6.07, 6.45) is 7.20. The molecule has 1 unspecified atom stereocenters. The Morgan fingerprint density at radius 1 is 1.67 bits per heavy atom. The maximum atomic E-state index is 10.7. The zero-order chi connectivity index (χ0) is 11.1. The molecule has 0 radical (unpaired) electrons. The average molecular weight is 227 g/mol. The summed E-state index contributed by atoms with van der Waals surface area (Å²) in [5.74, 6) is 3.95. The first-order valence-electron chi connectivity index (χ1n) is 5.21. The molecule has 1 N–H and O–H groups in total. The maximum Gasteiger partial charge on any atom is 0.304 e. The van der Waals surface area contributed by atoms with Crippen LogP contribution in [0.3, 0.4) is 0 Å². The lowest BCUT2D eigenvalue weighted by Crippen LogP contribution is -2.43. The van der Waals surface area contributed by atoms with E-state index in [9.17, 15) is 4.79 Å². The Morgan fingerprint density at radius 3 is 3.13 bits per heavy atom. The van der Waals surface area contributed by atoms with E-state index >= 15 is 0 Å². The molecule has 1 rings (SSSR count). The van der Waals surface area contributed by atoms with Gasteiger partial charge in [0.1, 0.15) is 0 Å². The molecule has 0 aromatic heterocycles. The van der Waals surface area contributed by atoms with Gasteiger partial charge in [-0.05, 0) is 13.0 Å². The zero-order valence-electron chi connectivity index (χ0n) is 8.82. The van der Waals surface area contributed by atoms with E-state index in [1.165, 1.54) is 0 Å². The third kappa shape index (κ3) is 4.59. The Bertz CT molecular complexity index is 249. The number of terminal acetylenes is 1. The lowest BCUT2D eigenvalue weighted by atomic mass is 10.1. The fourth-order valence-electron chi connectivity index (χ4n) is 1.76. The molecule has 1 aliphatic heterocycles. The van der Waals surface area contributed by atoms with Crippen LogP contribution in [0, 0.1) is 12.3 Å². The van der Waals surface area contributed by atoms with Gasteiger partial charge in [-0.2, -0.15) is 11.8 Å². The SMILES string of the molecule is C#CCCCN1CCSCC1CC(=O)O. The lowest BCUT2D eigenvalue weighted by molar-refractivity contribution is -0.138. The van der Waals surface area contributed by atoms with Crippen molar-refractivity contribution in [2.75, 3.05) is 24.6 Å². The fourth-order valence-corrected chi connectivity index (χ4v) is 2.89. The van der Waals surface area contributed by atoms with Crippen LogP contribution in [0.2, 0.25) is 0 Å². The minimum absolute atomic E-state index is 0.194. The number of carboxylic acids is 1. The second-order valence-corrected chi connectivity index (χ2v) is 4.82. The summed E-state index contributed by atoms with van der Waals surface area (Å²) in [6.45, 7) is 1.93. The highest BCUT2D eigenvalue weighted by atomic mass is 32.2. The van der Waals surface area contributed by atoms with Crippen molar-refractivity contribution < 1.29 is 9.90 Å². The van der Waals surface area contributed by atoms with Gasteiger partial charge < -0.3 is 5.11 Å². The van der Waals surface area contributed by atoms with Gasteiger partial charge >= 0.3 is 5.97 Å². The standard InChI is InChI=1S/C11H17NO2S/c1-2-3-4-5-12-6-7-15-9-10(12)8-11(13)14/h1,10H,3-9H2,(H,13,14). The van der Waals surface area contributed by atoms with Crippen LogP contribution in [0.5, 0.6) is 0 Å². The number of unbranched alkanes of at least 4 members (excludes halogenated alkanes) is 1. The van der Waals surface area contributed by atoms with Crippen molar-refractivity contribution in [2.24, 2.45) is 0 Å². The Balaban J connectivity index is 2.36. The zero-order valence-corrected chi connectivity index (χ0v) is 9.63. The Hall–Kier alpha value is -0.660. The molecule has 1 heterocycles. The molecular weight excluding hydrogens is 210 g/mol. The molecule has 3 nitrogen and oxygen atoms in total. The van der Waals surface area contributed by atoms with Crippen LogP contribution in [0.4, 0.5) is 0 Å². The number of hydrogen-bond acceptors (Lipinski definition) is 3. The number of carboxylic acid groups (broad SMARTS) is 1. The van der Waals surface area contributed by atoms with Crippen molar-refractivity contribution in [3.05, 3.63) is 0 Å². The van der Waals surface area contributed by atoms with Crippen LogP contribution in [0.25, 0.3) is 0 Å². The second kappa shape index (κ2) is 6.76. The molecule has 0 bridgehead atoms. The minimum Gasteiger partial charge on any atom is -0.481 e. The number of aliphatic carboxylic acids is 1. The van der Waals surface area contributed by atoms with Gasteiger partial charge in [0.25, 0.3) is 0 Å². The highest BCUT2D eigenvalue weighted by Crippen LogP contribution is 2.19. The quantitative estimate of drug-likeness (QED) is 0.567. The molecule has 0 aromatic rings. The average Bonchev–Trinajstić information content (AvgIpc) is 2.20. The van der Waals surface area contributed by atoms with Gasteiger partial charge in [-0.25, -0.2) is 0 Å². The van der Waals surface area contributed by atoms with E-state index in [4.69, 9.17) is 11.5 Å². The number of nitrogens with zero attached hydrogens (tertiary/aromatic N) is 1. The highest BCUT2D eigenvalue weighted by Gasteiger charge is 2.24. The summed E-state index contributed by atoms with van der Waals surface area (Å²) in [6, 6.07) is 0.194. The summed E-state index contributed by atoms with van der Waals surface area (Å²) < 4.78 is 0. The van der Waals surface area contributed by atoms with Crippen LogP contribution in [-0.4, -0.2) is 46.6 Å². The smallest absolute Gasteiger partial charge is 0.304 e. The van der Waals surface area contributed by atoms with E-state index in [0.717, 1.165) is 37.4 Å². The van der Waals surface area contributed by atoms with Gasteiger partial charge in [-0.15, -0.1) is 12.3 Å². The maximum absolute atomic E-state index is 10.7. The van der Waals surface area contributed by atoms with Crippen LogP contribution in [0.1, 0.15) is 19.3 Å². The number of thioether (sulfide) groups is 1. The molecule has 0 aromatic carbocycles. The van der Waals surface area contributed by atoms with E-state index < -0.39 is 5.97 Å². The summed E-state index contributed by atoms with van der Waals surface area (Å²) in [7, 11) is 0. The fraction of sp³-hybridized carbons (Fsp3) is 0.727. The molecule has 1 saturated heterocycles. The largest absolute Gasteiger partial charge is 0.481 e. The van der Waals surface area contributed by atoms with Crippen molar-refractivity contribution in [1.82, 2.24) is 4.90 Å². The van der Waals surface area contributed by atoms with Crippen LogP contribution in [0.15, 0.2) is 0 Å². The third-order valence-corrected chi connectivity index (χ3v) is 3.62. The normalized spacial score (nSPS) is 22.2. The van der Waals surface area contributed by atoms with Crippen LogP contribution < -0.4 is 0 Å². The van der Waals surface area contributed by atoms with Crippen molar-refractivity contribution in [3.63, 3.8) is 0 Å². The number of carbonyl (C=O) groups is 1. The number of hydrogen-bond donors (Lipinski definition) is 1. The summed E-state index contributed by atoms with van der Waals surface area (Å²) in [4.78, 5) is 12.9. The number of rotatable bonds is 5. The van der Waals surface area contributed by atoms with Gasteiger partial charge in [-0.1, -0.05) is 0 Å². The van der Waals surface area contributed by atoms with Gasteiger partial charge in [0.05, 0.1) is 6.42 Å². The molecule has 0 spiro atoms. The van der Waals surface area contributed by atoms with E-state index in [2.05, 4.69) is 10.8 Å². The lowest BCUT2D eigenvalue weighted by Gasteiger charge is -2.34. The molecule has 84 valence electrons. The van der Waals surface area contributed by atoms with Crippen molar-refractivity contribution in [2.45, 2.75) is 25.3 Å². The molecule has 0 aliphatic carbocycles. The molecular formula is C11H17NO2S. The van der Waals surface area contributed by atoms with Gasteiger partial charge in [0.15, 0.2) is 0 Å². The Morgan fingerprint density at radius 2 is 2.47 bits per heavy atom. The predicted octanol–water partition coefficient (Wildman–Crippen LogP) is 1.29. The van der Waals surface area contributed by atoms with E-state index in [1.807, 2.05) is 11.8 Å². The van der Waals surface area contributed by atoms with E-state index in [-0.39, 0.29) is 12.5 Å². The van der Waals surface area contributed by atoms with Crippen molar-refractivity contribution >= 4 is 17.7 Å². The van der Waals surface area contributed by atoms with Gasteiger partial charge in [0.2, 0.25) is 0 Å². The Kier molecular flexibility index (Phi) is 5.59.